The zero-order valence-electron chi connectivity index (χ0n) is 11.7. The van der Waals surface area contributed by atoms with Gasteiger partial charge in [-0.15, -0.1) is 0 Å². The first-order chi connectivity index (χ1) is 9.58. The summed E-state index contributed by atoms with van der Waals surface area (Å²) in [5.41, 5.74) is 1.16. The molecule has 108 valence electrons. The summed E-state index contributed by atoms with van der Waals surface area (Å²) >= 11 is 0. The number of likely N-dealkylation sites (tertiary alicyclic amines) is 1. The fourth-order valence-electron chi connectivity index (χ4n) is 2.34. The van der Waals surface area contributed by atoms with Crippen molar-refractivity contribution in [1.82, 2.24) is 4.90 Å². The number of hydrogen-bond acceptors (Lipinski definition) is 3. The van der Waals surface area contributed by atoms with Crippen molar-refractivity contribution >= 4 is 17.5 Å². The minimum atomic E-state index is -0.689. The Morgan fingerprint density at radius 3 is 2.40 bits per heavy atom. The Morgan fingerprint density at radius 2 is 1.80 bits per heavy atom. The van der Waals surface area contributed by atoms with Gasteiger partial charge >= 0.3 is 11.8 Å². The number of carbonyl (C=O) groups excluding carboxylic acids is 2. The number of phenols is 1. The van der Waals surface area contributed by atoms with Gasteiger partial charge in [0.15, 0.2) is 0 Å². The highest BCUT2D eigenvalue weighted by atomic mass is 16.3. The summed E-state index contributed by atoms with van der Waals surface area (Å²) in [7, 11) is 0. The summed E-state index contributed by atoms with van der Waals surface area (Å²) in [6.07, 6.45) is 4.08. The average Bonchev–Trinajstić information content (AvgIpc) is 2.70. The molecule has 5 nitrogen and oxygen atoms in total. The van der Waals surface area contributed by atoms with E-state index in [1.165, 1.54) is 0 Å². The van der Waals surface area contributed by atoms with Gasteiger partial charge in [-0.05, 0) is 37.5 Å². The van der Waals surface area contributed by atoms with Crippen LogP contribution < -0.4 is 5.32 Å². The molecule has 1 aliphatic rings. The van der Waals surface area contributed by atoms with Crippen molar-refractivity contribution in [3.05, 3.63) is 23.8 Å². The maximum Gasteiger partial charge on any atom is 0.314 e. The molecule has 0 aliphatic carbocycles. The number of phenolic OH excluding ortho intramolecular Hbond substituents is 1. The van der Waals surface area contributed by atoms with Crippen molar-refractivity contribution in [2.75, 3.05) is 18.4 Å². The molecule has 20 heavy (non-hydrogen) atoms. The summed E-state index contributed by atoms with van der Waals surface area (Å²) in [4.78, 5) is 25.6. The molecule has 0 spiro atoms. The van der Waals surface area contributed by atoms with E-state index in [-0.39, 0.29) is 11.4 Å². The highest BCUT2D eigenvalue weighted by Crippen LogP contribution is 2.23. The molecular formula is C15H20N2O3. The Morgan fingerprint density at radius 1 is 1.15 bits per heavy atom. The third kappa shape index (κ3) is 3.50. The molecule has 0 unspecified atom stereocenters. The van der Waals surface area contributed by atoms with E-state index < -0.39 is 11.8 Å². The molecule has 1 aromatic rings. The van der Waals surface area contributed by atoms with Gasteiger partial charge in [0.25, 0.3) is 0 Å². The Kier molecular flexibility index (Phi) is 4.61. The molecule has 0 aromatic heterocycles. The van der Waals surface area contributed by atoms with Gasteiger partial charge in [-0.3, -0.25) is 9.59 Å². The van der Waals surface area contributed by atoms with E-state index in [0.717, 1.165) is 31.2 Å². The van der Waals surface area contributed by atoms with E-state index in [1.807, 2.05) is 6.92 Å². The predicted molar refractivity (Wildman–Crippen MR) is 76.5 cm³/mol. The normalized spacial score (nSPS) is 15.6. The van der Waals surface area contributed by atoms with E-state index in [1.54, 1.807) is 23.1 Å². The molecule has 1 aliphatic heterocycles. The van der Waals surface area contributed by atoms with Crippen LogP contribution in [0.2, 0.25) is 0 Å². The van der Waals surface area contributed by atoms with Gasteiger partial charge in [-0.2, -0.15) is 0 Å². The third-order valence-electron chi connectivity index (χ3n) is 3.49. The minimum Gasteiger partial charge on any atom is -0.506 e. The molecule has 1 saturated heterocycles. The van der Waals surface area contributed by atoms with E-state index in [9.17, 15) is 14.7 Å². The summed E-state index contributed by atoms with van der Waals surface area (Å²) in [5.74, 6) is -1.24. The number of anilines is 1. The number of nitrogens with one attached hydrogen (secondary N) is 1. The largest absolute Gasteiger partial charge is 0.506 e. The molecular weight excluding hydrogens is 256 g/mol. The van der Waals surface area contributed by atoms with Gasteiger partial charge < -0.3 is 15.3 Å². The first-order valence-corrected chi connectivity index (χ1v) is 6.98. The Balaban J connectivity index is 2.01. The van der Waals surface area contributed by atoms with E-state index in [2.05, 4.69) is 5.32 Å². The third-order valence-corrected chi connectivity index (χ3v) is 3.49. The fourth-order valence-corrected chi connectivity index (χ4v) is 2.34. The molecule has 0 radical (unpaired) electrons. The van der Waals surface area contributed by atoms with Crippen LogP contribution >= 0.6 is 0 Å². The quantitative estimate of drug-likeness (QED) is 0.609. The lowest BCUT2D eigenvalue weighted by Gasteiger charge is -2.19. The van der Waals surface area contributed by atoms with E-state index in [0.29, 0.717) is 13.1 Å². The fraction of sp³-hybridized carbons (Fsp3) is 0.467. The molecule has 2 rings (SSSR count). The van der Waals surface area contributed by atoms with Crippen LogP contribution in [0.3, 0.4) is 0 Å². The van der Waals surface area contributed by atoms with Gasteiger partial charge in [0.05, 0.1) is 5.69 Å². The summed E-state index contributed by atoms with van der Waals surface area (Å²) < 4.78 is 0. The molecule has 2 N–H and O–H groups in total. The summed E-state index contributed by atoms with van der Waals surface area (Å²) in [5, 5.41) is 12.2. The lowest BCUT2D eigenvalue weighted by Crippen LogP contribution is -2.40. The second-order valence-corrected chi connectivity index (χ2v) is 5.18. The molecule has 0 bridgehead atoms. The van der Waals surface area contributed by atoms with Crippen molar-refractivity contribution in [1.29, 1.82) is 0 Å². The zero-order chi connectivity index (χ0) is 14.5. The maximum absolute atomic E-state index is 12.1. The van der Waals surface area contributed by atoms with Crippen LogP contribution in [0.5, 0.6) is 5.75 Å². The maximum atomic E-state index is 12.1. The molecule has 5 heteroatoms. The van der Waals surface area contributed by atoms with Crippen molar-refractivity contribution in [3.8, 4) is 5.75 Å². The first-order valence-electron chi connectivity index (χ1n) is 6.98. The summed E-state index contributed by atoms with van der Waals surface area (Å²) in [6.45, 7) is 3.10. The number of nitrogens with zero attached hydrogens (tertiary/aromatic N) is 1. The van der Waals surface area contributed by atoms with Crippen molar-refractivity contribution in [2.24, 2.45) is 0 Å². The Labute approximate surface area is 118 Å². The smallest absolute Gasteiger partial charge is 0.314 e. The Hall–Kier alpha value is -2.04. The lowest BCUT2D eigenvalue weighted by atomic mass is 10.2. The van der Waals surface area contributed by atoms with Crippen LogP contribution in [0, 0.1) is 6.92 Å². The number of rotatable bonds is 1. The second-order valence-electron chi connectivity index (χ2n) is 5.18. The van der Waals surface area contributed by atoms with Crippen molar-refractivity contribution < 1.29 is 14.7 Å². The minimum absolute atomic E-state index is 0.0259. The second kappa shape index (κ2) is 6.41. The standard InChI is InChI=1S/C15H20N2O3/c1-11-6-7-12(13(18)10-11)16-14(19)15(20)17-8-4-2-3-5-9-17/h6-7,10,18H,2-5,8-9H2,1H3,(H,16,19). The summed E-state index contributed by atoms with van der Waals surface area (Å²) in [6, 6.07) is 4.91. The number of benzene rings is 1. The number of aryl methyl sites for hydroxylation is 1. The van der Waals surface area contributed by atoms with Crippen molar-refractivity contribution in [2.45, 2.75) is 32.6 Å². The van der Waals surface area contributed by atoms with Gasteiger partial charge in [0.1, 0.15) is 5.75 Å². The highest BCUT2D eigenvalue weighted by molar-refractivity contribution is 6.39. The van der Waals surface area contributed by atoms with Crippen LogP contribution in [0.1, 0.15) is 31.2 Å². The Bertz CT molecular complexity index is 506. The monoisotopic (exact) mass is 276 g/mol. The van der Waals surface area contributed by atoms with Gasteiger partial charge in [0, 0.05) is 13.1 Å². The molecule has 0 atom stereocenters. The van der Waals surface area contributed by atoms with Crippen LogP contribution in [0.15, 0.2) is 18.2 Å². The molecule has 0 saturated carbocycles. The van der Waals surface area contributed by atoms with Crippen LogP contribution in [-0.4, -0.2) is 34.9 Å². The predicted octanol–water partition coefficient (Wildman–Crippen LogP) is 2.04. The van der Waals surface area contributed by atoms with E-state index >= 15 is 0 Å². The molecule has 1 fully saturated rings. The number of hydrogen-bond donors (Lipinski definition) is 2. The van der Waals surface area contributed by atoms with Crippen molar-refractivity contribution in [3.63, 3.8) is 0 Å². The highest BCUT2D eigenvalue weighted by Gasteiger charge is 2.23. The van der Waals surface area contributed by atoms with E-state index in [4.69, 9.17) is 0 Å². The van der Waals surface area contributed by atoms with Crippen LogP contribution in [0.25, 0.3) is 0 Å². The number of amides is 2. The molecule has 1 aromatic carbocycles. The van der Waals surface area contributed by atoms with Crippen LogP contribution in [0.4, 0.5) is 5.69 Å². The first kappa shape index (κ1) is 14.4. The number of carbonyl (C=O) groups is 2. The topological polar surface area (TPSA) is 69.6 Å². The number of aromatic hydroxyl groups is 1. The van der Waals surface area contributed by atoms with Crippen LogP contribution in [-0.2, 0) is 9.59 Å². The molecule has 1 heterocycles. The lowest BCUT2D eigenvalue weighted by molar-refractivity contribution is -0.143. The average molecular weight is 276 g/mol. The van der Waals surface area contributed by atoms with Gasteiger partial charge in [0.2, 0.25) is 0 Å². The van der Waals surface area contributed by atoms with Gasteiger partial charge in [-0.1, -0.05) is 18.9 Å². The molecule has 2 amide bonds. The zero-order valence-corrected chi connectivity index (χ0v) is 11.7. The SMILES string of the molecule is Cc1ccc(NC(=O)C(=O)N2CCCCCC2)c(O)c1. The van der Waals surface area contributed by atoms with Gasteiger partial charge in [-0.25, -0.2) is 0 Å².